The molecule has 2 rings (SSSR count). The van der Waals surface area contributed by atoms with E-state index in [9.17, 15) is 9.59 Å². The van der Waals surface area contributed by atoms with Crippen LogP contribution in [0, 0.1) is 20.8 Å². The molecule has 0 aliphatic rings. The molecule has 5 nitrogen and oxygen atoms in total. The molecule has 2 aromatic rings. The van der Waals surface area contributed by atoms with Crippen molar-refractivity contribution in [3.63, 3.8) is 0 Å². The van der Waals surface area contributed by atoms with Crippen molar-refractivity contribution < 1.29 is 14.3 Å². The first kappa shape index (κ1) is 22.5. The van der Waals surface area contributed by atoms with E-state index in [-0.39, 0.29) is 18.4 Å². The van der Waals surface area contributed by atoms with E-state index in [0.717, 1.165) is 28.7 Å². The number of rotatable bonds is 9. The number of nitrogens with one attached hydrogen (secondary N) is 1. The number of nitrogens with zero attached hydrogens (tertiary/aromatic N) is 1. The average Bonchev–Trinajstić information content (AvgIpc) is 2.71. The van der Waals surface area contributed by atoms with Gasteiger partial charge in [0.25, 0.3) is 5.91 Å². The summed E-state index contributed by atoms with van der Waals surface area (Å²) in [4.78, 5) is 27.2. The van der Waals surface area contributed by atoms with Crippen molar-refractivity contribution in [3.8, 4) is 5.75 Å². The van der Waals surface area contributed by atoms with Crippen molar-refractivity contribution in [2.24, 2.45) is 0 Å². The molecule has 1 N–H and O–H groups in total. The molecule has 0 bridgehead atoms. The highest BCUT2D eigenvalue weighted by Crippen LogP contribution is 2.21. The quantitative estimate of drug-likeness (QED) is 0.699. The van der Waals surface area contributed by atoms with Crippen LogP contribution < -0.4 is 10.1 Å². The molecule has 0 aliphatic carbocycles. The van der Waals surface area contributed by atoms with Gasteiger partial charge in [0.1, 0.15) is 11.8 Å². The Morgan fingerprint density at radius 3 is 2.41 bits per heavy atom. The van der Waals surface area contributed by atoms with E-state index in [1.54, 1.807) is 11.8 Å². The maximum atomic E-state index is 13.1. The molecule has 0 aromatic heterocycles. The maximum Gasteiger partial charge on any atom is 0.261 e. The van der Waals surface area contributed by atoms with Gasteiger partial charge in [0.05, 0.1) is 0 Å². The Bertz CT molecular complexity index is 848. The van der Waals surface area contributed by atoms with E-state index in [0.29, 0.717) is 18.8 Å². The van der Waals surface area contributed by atoms with E-state index >= 15 is 0 Å². The first-order chi connectivity index (χ1) is 13.8. The number of benzene rings is 2. The highest BCUT2D eigenvalue weighted by molar-refractivity contribution is 5.88. The first-order valence-corrected chi connectivity index (χ1v) is 10.2. The van der Waals surface area contributed by atoms with Crippen LogP contribution in [0.2, 0.25) is 0 Å². The fourth-order valence-corrected chi connectivity index (χ4v) is 3.05. The smallest absolute Gasteiger partial charge is 0.261 e. The molecule has 2 amide bonds. The van der Waals surface area contributed by atoms with Crippen LogP contribution in [0.1, 0.15) is 42.5 Å². The summed E-state index contributed by atoms with van der Waals surface area (Å²) < 4.78 is 5.82. The number of carbonyl (C=O) groups excluding carboxylic acids is 2. The summed E-state index contributed by atoms with van der Waals surface area (Å²) in [6.45, 7) is 10.6. The monoisotopic (exact) mass is 396 g/mol. The molecule has 0 radical (unpaired) electrons. The van der Waals surface area contributed by atoms with Crippen LogP contribution in [-0.4, -0.2) is 35.9 Å². The minimum absolute atomic E-state index is 0.110. The van der Waals surface area contributed by atoms with E-state index in [4.69, 9.17) is 4.74 Å². The van der Waals surface area contributed by atoms with E-state index in [1.165, 1.54) is 0 Å². The Hall–Kier alpha value is -2.82. The van der Waals surface area contributed by atoms with Crippen molar-refractivity contribution in [3.05, 3.63) is 64.7 Å². The molecule has 29 heavy (non-hydrogen) atoms. The molecule has 0 fully saturated rings. The van der Waals surface area contributed by atoms with Gasteiger partial charge in [-0.3, -0.25) is 9.59 Å². The molecule has 0 heterocycles. The van der Waals surface area contributed by atoms with Gasteiger partial charge in [-0.2, -0.15) is 0 Å². The molecule has 0 unspecified atom stereocenters. The van der Waals surface area contributed by atoms with Gasteiger partial charge in [0.15, 0.2) is 6.61 Å². The third-order valence-electron chi connectivity index (χ3n) is 5.22. The lowest BCUT2D eigenvalue weighted by Gasteiger charge is -2.29. The fraction of sp³-hybridized carbons (Fsp3) is 0.417. The lowest BCUT2D eigenvalue weighted by Crippen LogP contribution is -2.49. The Kier molecular flexibility index (Phi) is 8.25. The molecule has 156 valence electrons. The van der Waals surface area contributed by atoms with Crippen LogP contribution in [0.5, 0.6) is 5.75 Å². The topological polar surface area (TPSA) is 58.6 Å². The van der Waals surface area contributed by atoms with Gasteiger partial charge in [-0.1, -0.05) is 43.3 Å². The minimum atomic E-state index is -0.587. The van der Waals surface area contributed by atoms with Gasteiger partial charge in [0, 0.05) is 13.1 Å². The summed E-state index contributed by atoms with van der Waals surface area (Å²) in [5.74, 6) is 0.325. The van der Waals surface area contributed by atoms with Gasteiger partial charge < -0.3 is 15.0 Å². The Labute approximate surface area is 174 Å². The second-order valence-corrected chi connectivity index (χ2v) is 7.40. The van der Waals surface area contributed by atoms with Crippen molar-refractivity contribution in [1.82, 2.24) is 10.2 Å². The Morgan fingerprint density at radius 1 is 1.03 bits per heavy atom. The number of hydrogen-bond acceptors (Lipinski definition) is 3. The summed E-state index contributed by atoms with van der Waals surface area (Å²) in [6.07, 6.45) is 0.847. The normalized spacial score (nSPS) is 11.6. The van der Waals surface area contributed by atoms with Crippen molar-refractivity contribution in [2.45, 2.75) is 53.6 Å². The third-order valence-corrected chi connectivity index (χ3v) is 5.22. The first-order valence-electron chi connectivity index (χ1n) is 10.2. The molecule has 5 heteroatoms. The lowest BCUT2D eigenvalue weighted by atomic mass is 10.1. The van der Waals surface area contributed by atoms with Gasteiger partial charge in [0.2, 0.25) is 5.91 Å². The molecule has 2 aromatic carbocycles. The highest BCUT2D eigenvalue weighted by Gasteiger charge is 2.26. The number of amides is 2. The van der Waals surface area contributed by atoms with Crippen LogP contribution in [0.4, 0.5) is 0 Å². The molecular weight excluding hydrogens is 364 g/mol. The zero-order valence-corrected chi connectivity index (χ0v) is 18.1. The predicted molar refractivity (Wildman–Crippen MR) is 116 cm³/mol. The fourth-order valence-electron chi connectivity index (χ4n) is 3.05. The van der Waals surface area contributed by atoms with Gasteiger partial charge in [-0.15, -0.1) is 0 Å². The SMILES string of the molecule is CCCNC(=O)[C@H](C)N(Cc1ccccc1C)C(=O)COc1cccc(C)c1C. The zero-order chi connectivity index (χ0) is 21.4. The number of carbonyl (C=O) groups is 2. The van der Waals surface area contributed by atoms with Gasteiger partial charge in [-0.05, 0) is 62.4 Å². The molecular formula is C24H32N2O3. The Morgan fingerprint density at radius 2 is 1.72 bits per heavy atom. The largest absolute Gasteiger partial charge is 0.483 e. The molecule has 0 spiro atoms. The van der Waals surface area contributed by atoms with Gasteiger partial charge >= 0.3 is 0 Å². The lowest BCUT2D eigenvalue weighted by molar-refractivity contribution is -0.142. The summed E-state index contributed by atoms with van der Waals surface area (Å²) in [5, 5.41) is 2.88. The van der Waals surface area contributed by atoms with Crippen LogP contribution in [0.25, 0.3) is 0 Å². The summed E-state index contributed by atoms with van der Waals surface area (Å²) >= 11 is 0. The second-order valence-electron chi connectivity index (χ2n) is 7.40. The van der Waals surface area contributed by atoms with E-state index in [1.807, 2.05) is 70.2 Å². The van der Waals surface area contributed by atoms with Crippen LogP contribution in [-0.2, 0) is 16.1 Å². The summed E-state index contributed by atoms with van der Waals surface area (Å²) in [6, 6.07) is 13.1. The number of hydrogen-bond donors (Lipinski definition) is 1. The van der Waals surface area contributed by atoms with E-state index < -0.39 is 6.04 Å². The number of aryl methyl sites for hydroxylation is 2. The van der Waals surface area contributed by atoms with Gasteiger partial charge in [-0.25, -0.2) is 0 Å². The predicted octanol–water partition coefficient (Wildman–Crippen LogP) is 3.93. The average molecular weight is 397 g/mol. The molecule has 0 saturated heterocycles. The number of ether oxygens (including phenoxy) is 1. The standard InChI is InChI=1S/C24H32N2O3/c1-6-14-25-24(28)20(5)26(15-21-12-8-7-10-18(21)3)23(27)16-29-22-13-9-11-17(2)19(22)4/h7-13,20H,6,14-16H2,1-5H3,(H,25,28)/t20-/m0/s1. The summed E-state index contributed by atoms with van der Waals surface area (Å²) in [7, 11) is 0. The zero-order valence-electron chi connectivity index (χ0n) is 18.1. The van der Waals surface area contributed by atoms with Crippen LogP contribution in [0.3, 0.4) is 0 Å². The maximum absolute atomic E-state index is 13.1. The van der Waals surface area contributed by atoms with E-state index in [2.05, 4.69) is 5.32 Å². The minimum Gasteiger partial charge on any atom is -0.483 e. The molecule has 0 aliphatic heterocycles. The van der Waals surface area contributed by atoms with Crippen molar-refractivity contribution >= 4 is 11.8 Å². The van der Waals surface area contributed by atoms with Crippen LogP contribution >= 0.6 is 0 Å². The van der Waals surface area contributed by atoms with Crippen molar-refractivity contribution in [2.75, 3.05) is 13.2 Å². The second kappa shape index (κ2) is 10.6. The molecule has 1 atom stereocenters. The summed E-state index contributed by atoms with van der Waals surface area (Å²) in [5.41, 5.74) is 4.23. The van der Waals surface area contributed by atoms with Crippen LogP contribution in [0.15, 0.2) is 42.5 Å². The Balaban J connectivity index is 2.18. The van der Waals surface area contributed by atoms with Crippen molar-refractivity contribution in [1.29, 1.82) is 0 Å². The third kappa shape index (κ3) is 6.08. The highest BCUT2D eigenvalue weighted by atomic mass is 16.5. The molecule has 0 saturated carbocycles.